The number of hydrogen-bond acceptors (Lipinski definition) is 3. The van der Waals surface area contributed by atoms with Gasteiger partial charge < -0.3 is 9.15 Å². The minimum absolute atomic E-state index is 0.157. The zero-order chi connectivity index (χ0) is 14.3. The third-order valence-corrected chi connectivity index (χ3v) is 5.28. The average Bonchev–Trinajstić information content (AvgIpc) is 2.77. The van der Waals surface area contributed by atoms with Gasteiger partial charge in [0.05, 0.1) is 11.7 Å². The predicted octanol–water partition coefficient (Wildman–Crippen LogP) is 3.40. The molecule has 1 saturated carbocycles. The van der Waals surface area contributed by atoms with Crippen LogP contribution in [0.1, 0.15) is 39.9 Å². The predicted molar refractivity (Wildman–Crippen MR) is 71.9 cm³/mol. The Morgan fingerprint density at radius 3 is 2.42 bits per heavy atom. The fraction of sp³-hybridized carbons (Fsp3) is 0.562. The maximum Gasteiger partial charge on any atom is 0.314 e. The molecule has 19 heavy (non-hydrogen) atoms. The molecule has 0 aliphatic heterocycles. The van der Waals surface area contributed by atoms with Gasteiger partial charge in [0, 0.05) is 6.42 Å². The van der Waals surface area contributed by atoms with Crippen molar-refractivity contribution in [2.75, 3.05) is 0 Å². The fourth-order valence-electron chi connectivity index (χ4n) is 3.26. The standard InChI is InChI=1S/C16H20O3/c1-6-9-16(14(2,3)15(16,4)5)13(17)19-11-12-8-7-10-18-12/h1,7-8,10H,9,11H2,2-5H3. The van der Waals surface area contributed by atoms with Crippen molar-refractivity contribution >= 4 is 5.97 Å². The van der Waals surface area contributed by atoms with E-state index in [9.17, 15) is 4.79 Å². The first-order chi connectivity index (χ1) is 8.81. The summed E-state index contributed by atoms with van der Waals surface area (Å²) in [5.41, 5.74) is -0.916. The Kier molecular flexibility index (Phi) is 3.01. The highest BCUT2D eigenvalue weighted by atomic mass is 16.5. The Morgan fingerprint density at radius 2 is 2.00 bits per heavy atom. The Balaban J connectivity index is 2.14. The second kappa shape index (κ2) is 4.16. The second-order valence-corrected chi connectivity index (χ2v) is 6.19. The summed E-state index contributed by atoms with van der Waals surface area (Å²) in [5, 5.41) is 0. The van der Waals surface area contributed by atoms with Crippen molar-refractivity contribution in [3.63, 3.8) is 0 Å². The van der Waals surface area contributed by atoms with Crippen LogP contribution in [0.25, 0.3) is 0 Å². The van der Waals surface area contributed by atoms with Crippen molar-refractivity contribution in [3.05, 3.63) is 24.2 Å². The van der Waals surface area contributed by atoms with E-state index in [1.165, 1.54) is 0 Å². The number of esters is 1. The molecule has 0 unspecified atom stereocenters. The van der Waals surface area contributed by atoms with Crippen LogP contribution in [0.3, 0.4) is 0 Å². The van der Waals surface area contributed by atoms with Crippen molar-refractivity contribution < 1.29 is 13.9 Å². The maximum absolute atomic E-state index is 12.5. The van der Waals surface area contributed by atoms with Crippen LogP contribution in [0.2, 0.25) is 0 Å². The lowest BCUT2D eigenvalue weighted by atomic mass is 9.91. The monoisotopic (exact) mass is 260 g/mol. The summed E-state index contributed by atoms with van der Waals surface area (Å²) in [4.78, 5) is 12.5. The molecule has 0 spiro atoms. The van der Waals surface area contributed by atoms with Crippen LogP contribution in [0.4, 0.5) is 0 Å². The van der Waals surface area contributed by atoms with Crippen LogP contribution >= 0.6 is 0 Å². The van der Waals surface area contributed by atoms with Gasteiger partial charge in [-0.1, -0.05) is 27.7 Å². The third-order valence-electron chi connectivity index (χ3n) is 5.28. The molecule has 0 atom stereocenters. The molecule has 1 aliphatic rings. The smallest absolute Gasteiger partial charge is 0.314 e. The number of hydrogen-bond donors (Lipinski definition) is 0. The highest BCUT2D eigenvalue weighted by molar-refractivity contribution is 5.84. The lowest BCUT2D eigenvalue weighted by Crippen LogP contribution is -2.25. The number of terminal acetylenes is 1. The first-order valence-corrected chi connectivity index (χ1v) is 6.44. The van der Waals surface area contributed by atoms with Crippen LogP contribution in [-0.2, 0) is 16.1 Å². The molecule has 2 rings (SSSR count). The Hall–Kier alpha value is -1.69. The molecule has 3 nitrogen and oxygen atoms in total. The van der Waals surface area contributed by atoms with E-state index in [1.54, 1.807) is 18.4 Å². The van der Waals surface area contributed by atoms with Gasteiger partial charge in [-0.3, -0.25) is 4.79 Å². The molecule has 102 valence electrons. The summed E-state index contributed by atoms with van der Waals surface area (Å²) < 4.78 is 10.6. The summed E-state index contributed by atoms with van der Waals surface area (Å²) in [6.07, 6.45) is 7.42. The molecule has 0 amide bonds. The van der Waals surface area contributed by atoms with Crippen LogP contribution in [0.5, 0.6) is 0 Å². The molecule has 3 heteroatoms. The van der Waals surface area contributed by atoms with Crippen molar-refractivity contribution in [2.45, 2.75) is 40.7 Å². The molecule has 1 aromatic heterocycles. The summed E-state index contributed by atoms with van der Waals surface area (Å²) in [7, 11) is 0. The SMILES string of the molecule is C#CCC1(C(=O)OCc2ccco2)C(C)(C)C1(C)C. The zero-order valence-corrected chi connectivity index (χ0v) is 11.9. The Labute approximate surface area is 114 Å². The van der Waals surface area contributed by atoms with Gasteiger partial charge >= 0.3 is 5.97 Å². The van der Waals surface area contributed by atoms with Gasteiger partial charge in [0.2, 0.25) is 0 Å². The molecule has 0 aromatic carbocycles. The van der Waals surface area contributed by atoms with Crippen molar-refractivity contribution in [1.29, 1.82) is 0 Å². The van der Waals surface area contributed by atoms with E-state index in [0.29, 0.717) is 12.2 Å². The highest BCUT2D eigenvalue weighted by Gasteiger charge is 2.81. The number of furan rings is 1. The number of rotatable bonds is 4. The highest BCUT2D eigenvalue weighted by Crippen LogP contribution is 2.79. The first kappa shape index (κ1) is 13.7. The summed E-state index contributed by atoms with van der Waals surface area (Å²) in [6.45, 7) is 8.43. The third kappa shape index (κ3) is 1.63. The maximum atomic E-state index is 12.5. The molecule has 0 N–H and O–H groups in total. The second-order valence-electron chi connectivity index (χ2n) is 6.19. The summed E-state index contributed by atoms with van der Waals surface area (Å²) in [5.74, 6) is 3.05. The lowest BCUT2D eigenvalue weighted by molar-refractivity contribution is -0.154. The van der Waals surface area contributed by atoms with Gasteiger partial charge in [-0.25, -0.2) is 0 Å². The fourth-order valence-corrected chi connectivity index (χ4v) is 3.26. The van der Waals surface area contributed by atoms with Crippen molar-refractivity contribution in [2.24, 2.45) is 16.2 Å². The molecular weight excluding hydrogens is 240 g/mol. The molecule has 1 aromatic rings. The lowest BCUT2D eigenvalue weighted by Gasteiger charge is -2.17. The van der Waals surface area contributed by atoms with Gasteiger partial charge in [-0.2, -0.15) is 0 Å². The van der Waals surface area contributed by atoms with Crippen LogP contribution < -0.4 is 0 Å². The van der Waals surface area contributed by atoms with E-state index in [1.807, 2.05) is 0 Å². The molecule has 0 radical (unpaired) electrons. The van der Waals surface area contributed by atoms with Crippen LogP contribution in [0, 0.1) is 28.6 Å². The van der Waals surface area contributed by atoms with Gasteiger partial charge in [0.15, 0.2) is 0 Å². The molecular formula is C16H20O3. The van der Waals surface area contributed by atoms with Gasteiger partial charge in [0.1, 0.15) is 12.4 Å². The minimum Gasteiger partial charge on any atom is -0.466 e. The quantitative estimate of drug-likeness (QED) is 0.615. The molecule has 0 bridgehead atoms. The van der Waals surface area contributed by atoms with Gasteiger partial charge in [-0.05, 0) is 23.0 Å². The molecule has 1 fully saturated rings. The number of carbonyl (C=O) groups is 1. The number of ether oxygens (including phenoxy) is 1. The number of carbonyl (C=O) groups excluding carboxylic acids is 1. The topological polar surface area (TPSA) is 39.4 Å². The van der Waals surface area contributed by atoms with Gasteiger partial charge in [0.25, 0.3) is 0 Å². The van der Waals surface area contributed by atoms with Crippen LogP contribution in [0.15, 0.2) is 22.8 Å². The average molecular weight is 260 g/mol. The summed E-state index contributed by atoms with van der Waals surface area (Å²) in [6, 6.07) is 3.55. The van der Waals surface area contributed by atoms with E-state index in [4.69, 9.17) is 15.6 Å². The van der Waals surface area contributed by atoms with Crippen molar-refractivity contribution in [1.82, 2.24) is 0 Å². The minimum atomic E-state index is -0.596. The Bertz CT molecular complexity index is 501. The molecule has 0 saturated heterocycles. The van der Waals surface area contributed by atoms with Crippen LogP contribution in [-0.4, -0.2) is 5.97 Å². The summed E-state index contributed by atoms with van der Waals surface area (Å²) >= 11 is 0. The van der Waals surface area contributed by atoms with E-state index in [-0.39, 0.29) is 23.4 Å². The normalized spacial score (nSPS) is 21.4. The molecule has 1 aliphatic carbocycles. The molecule has 1 heterocycles. The largest absolute Gasteiger partial charge is 0.466 e. The zero-order valence-electron chi connectivity index (χ0n) is 11.9. The first-order valence-electron chi connectivity index (χ1n) is 6.44. The van der Waals surface area contributed by atoms with E-state index >= 15 is 0 Å². The van der Waals surface area contributed by atoms with Gasteiger partial charge in [-0.15, -0.1) is 12.3 Å². The van der Waals surface area contributed by atoms with E-state index in [2.05, 4.69) is 33.6 Å². The van der Waals surface area contributed by atoms with Crippen molar-refractivity contribution in [3.8, 4) is 12.3 Å². The Morgan fingerprint density at radius 1 is 1.37 bits per heavy atom. The van der Waals surface area contributed by atoms with E-state index < -0.39 is 5.41 Å². The van der Waals surface area contributed by atoms with E-state index in [0.717, 1.165) is 0 Å².